The molecule has 17 heteroatoms. The second-order valence-electron chi connectivity index (χ2n) is 20.8. The van der Waals surface area contributed by atoms with Crippen molar-refractivity contribution in [1.82, 2.24) is 24.9 Å². The van der Waals surface area contributed by atoms with Crippen LogP contribution in [0, 0.1) is 0 Å². The van der Waals surface area contributed by atoms with Crippen LogP contribution >= 0.6 is 0 Å². The lowest BCUT2D eigenvalue weighted by Gasteiger charge is -2.19. The van der Waals surface area contributed by atoms with Crippen LogP contribution in [0.15, 0.2) is 201 Å². The summed E-state index contributed by atoms with van der Waals surface area (Å²) in [6, 6.07) is 54.2. The maximum absolute atomic E-state index is 11.0. The van der Waals surface area contributed by atoms with E-state index in [1.807, 2.05) is 121 Å². The lowest BCUT2D eigenvalue weighted by atomic mass is 9.99. The number of carbonyl (C=O) groups is 4. The normalized spacial score (nSPS) is 12.0. The molecular formula is C70H55N5O12. The molecule has 17 nitrogen and oxygen atoms in total. The van der Waals surface area contributed by atoms with Gasteiger partial charge in [-0.2, -0.15) is 0 Å². The van der Waals surface area contributed by atoms with Gasteiger partial charge in [0.1, 0.15) is 13.2 Å². The monoisotopic (exact) mass is 1160 g/mol. The van der Waals surface area contributed by atoms with Gasteiger partial charge in [-0.25, -0.2) is 0 Å². The second-order valence-corrected chi connectivity index (χ2v) is 20.8. The first-order valence-electron chi connectivity index (χ1n) is 27.8. The van der Waals surface area contributed by atoms with Crippen LogP contribution in [0.1, 0.15) is 22.3 Å². The number of carboxylic acids is 4. The van der Waals surface area contributed by atoms with Crippen molar-refractivity contribution in [3.05, 3.63) is 223 Å². The lowest BCUT2D eigenvalue weighted by Crippen LogP contribution is -2.15. The molecule has 13 aromatic rings. The Morgan fingerprint density at radius 2 is 0.713 bits per heavy atom. The minimum atomic E-state index is -0.839. The van der Waals surface area contributed by atoms with Gasteiger partial charge in [0.15, 0.2) is 23.0 Å². The van der Waals surface area contributed by atoms with Crippen LogP contribution in [0.4, 0.5) is 0 Å². The Labute approximate surface area is 496 Å². The lowest BCUT2D eigenvalue weighted by molar-refractivity contribution is -0.137. The number of aromatic nitrogens is 5. The first-order valence-corrected chi connectivity index (χ1v) is 27.8. The molecular weight excluding hydrogens is 1100 g/mol. The van der Waals surface area contributed by atoms with E-state index in [1.165, 1.54) is 10.8 Å². The highest BCUT2D eigenvalue weighted by Crippen LogP contribution is 2.39. The second kappa shape index (κ2) is 24.7. The topological polar surface area (TPSA) is 262 Å². The summed E-state index contributed by atoms with van der Waals surface area (Å²) in [6.45, 7) is 1.37. The molecule has 432 valence electrons. The van der Waals surface area contributed by atoms with Gasteiger partial charge in [-0.3, -0.25) is 24.2 Å². The Morgan fingerprint density at radius 1 is 0.356 bits per heavy atom. The van der Waals surface area contributed by atoms with Gasteiger partial charge in [-0.15, -0.1) is 0 Å². The van der Waals surface area contributed by atoms with E-state index < -0.39 is 23.9 Å². The molecule has 8 aromatic carbocycles. The number of nitrogens with one attached hydrogen (secondary N) is 4. The minimum Gasteiger partial charge on any atom is -0.486 e. The molecule has 0 aliphatic carbocycles. The molecule has 0 bridgehead atoms. The third kappa shape index (κ3) is 12.7. The van der Waals surface area contributed by atoms with Crippen LogP contribution in [-0.2, 0) is 44.9 Å². The highest BCUT2D eigenvalue weighted by atomic mass is 16.7. The molecule has 87 heavy (non-hydrogen) atoms. The number of H-pyrrole nitrogens is 4. The Morgan fingerprint density at radius 3 is 1.15 bits per heavy atom. The largest absolute Gasteiger partial charge is 0.486 e. The Hall–Kier alpha value is -11.6. The first kappa shape index (κ1) is 55.9. The van der Waals surface area contributed by atoms with Crippen molar-refractivity contribution >= 4 is 78.3 Å². The smallest absolute Gasteiger partial charge is 0.307 e. The number of rotatable bonds is 12. The number of ether oxygens (including phenoxy) is 4. The Bertz CT molecular complexity index is 4730. The van der Waals surface area contributed by atoms with E-state index in [0.29, 0.717) is 13.2 Å². The van der Waals surface area contributed by atoms with Crippen molar-refractivity contribution in [3.63, 3.8) is 0 Å². The maximum Gasteiger partial charge on any atom is 0.307 e. The van der Waals surface area contributed by atoms with Gasteiger partial charge < -0.3 is 59.3 Å². The first-order chi connectivity index (χ1) is 42.3. The van der Waals surface area contributed by atoms with Gasteiger partial charge in [0.05, 0.1) is 25.7 Å². The SMILES string of the molecule is O=C(O)Cc1c[nH]c2ccc(-c3ccc4c(c3)OCCO4)cc12.O=C(O)Cc1c[nH]c2ccc(-c3ccc4c(c3)OCO4)cc12.O=C(O)Cc1c[nH]c2ccc(-c3ccc4ccccc4c3)cc12.O=C(O)Cc1c[nH]c2ccc(-c3cccnc3)cc12. The zero-order chi connectivity index (χ0) is 60.0. The van der Waals surface area contributed by atoms with Crippen LogP contribution in [-0.4, -0.2) is 89.2 Å². The van der Waals surface area contributed by atoms with E-state index in [-0.39, 0.29) is 32.5 Å². The zero-order valence-corrected chi connectivity index (χ0v) is 46.5. The standard InChI is InChI=1S/C20H15NO2.C18H15NO4.C17H13NO4.C15H12N2O2/c22-20(23)11-17-12-21-19-8-7-16(10-18(17)19)15-6-5-13-3-1-2-4-14(13)9-15;20-18(21)9-13-10-19-15-3-1-11(7-14(13)15)12-2-4-16-17(8-12)23-6-5-22-16;19-17(20)7-12-8-18-14-3-1-10(5-13(12)14)11-2-4-15-16(6-11)22-9-21-15;18-15(19)7-12-9-17-14-4-3-10(6-13(12)14)11-2-1-5-16-8-11/h1-10,12,21H,11H2,(H,22,23);1-4,7-8,10,19H,5-6,9H2,(H,20,21);1-6,8,18H,7,9H2,(H,19,20);1-6,8-9,17H,7H2,(H,18,19). The molecule has 7 heterocycles. The number of nitrogens with zero attached hydrogens (tertiary/aromatic N) is 1. The number of aromatic amines is 4. The van der Waals surface area contributed by atoms with Gasteiger partial charge in [0, 0.05) is 86.4 Å². The summed E-state index contributed by atoms with van der Waals surface area (Å²) in [5, 5.41) is 42.1. The minimum absolute atomic E-state index is 0.00456. The average Bonchev–Trinajstić information content (AvgIpc) is 2.72. The van der Waals surface area contributed by atoms with Crippen LogP contribution in [0.2, 0.25) is 0 Å². The van der Waals surface area contributed by atoms with E-state index in [2.05, 4.69) is 67.4 Å². The number of benzene rings is 8. The molecule has 0 saturated heterocycles. The van der Waals surface area contributed by atoms with Crippen LogP contribution < -0.4 is 18.9 Å². The predicted octanol–water partition coefficient (Wildman–Crippen LogP) is 13.9. The number of carboxylic acid groups (broad SMARTS) is 4. The van der Waals surface area contributed by atoms with E-state index in [4.69, 9.17) is 39.4 Å². The molecule has 5 aromatic heterocycles. The number of hydrogen-bond donors (Lipinski definition) is 8. The van der Waals surface area contributed by atoms with Crippen molar-refractivity contribution in [1.29, 1.82) is 0 Å². The van der Waals surface area contributed by atoms with E-state index >= 15 is 0 Å². The molecule has 0 unspecified atom stereocenters. The van der Waals surface area contributed by atoms with Gasteiger partial charge in [-0.1, -0.05) is 78.9 Å². The molecule has 0 amide bonds. The molecule has 2 aliphatic rings. The summed E-state index contributed by atoms with van der Waals surface area (Å²) in [5.41, 5.74) is 15.3. The summed E-state index contributed by atoms with van der Waals surface area (Å²) in [7, 11) is 0. The van der Waals surface area contributed by atoms with E-state index in [9.17, 15) is 19.2 Å². The number of pyridine rings is 1. The van der Waals surface area contributed by atoms with Gasteiger partial charge in [0.2, 0.25) is 6.79 Å². The Kier molecular flexibility index (Phi) is 15.9. The van der Waals surface area contributed by atoms with Gasteiger partial charge in [0.25, 0.3) is 0 Å². The summed E-state index contributed by atoms with van der Waals surface area (Å²) >= 11 is 0. The van der Waals surface area contributed by atoms with Crippen LogP contribution in [0.25, 0.3) is 98.9 Å². The fourth-order valence-electron chi connectivity index (χ4n) is 10.9. The molecule has 0 radical (unpaired) electrons. The van der Waals surface area contributed by atoms with E-state index in [1.54, 1.807) is 37.2 Å². The van der Waals surface area contributed by atoms with Crippen molar-refractivity contribution in [2.45, 2.75) is 25.7 Å². The number of fused-ring (bicyclic) bond motifs is 7. The van der Waals surface area contributed by atoms with Crippen molar-refractivity contribution < 1.29 is 58.6 Å². The number of aliphatic carboxylic acids is 4. The molecule has 0 spiro atoms. The quantitative estimate of drug-likeness (QED) is 0.0567. The molecule has 0 saturated carbocycles. The van der Waals surface area contributed by atoms with Gasteiger partial charge >= 0.3 is 23.9 Å². The predicted molar refractivity (Wildman–Crippen MR) is 333 cm³/mol. The third-order valence-corrected chi connectivity index (χ3v) is 15.1. The molecule has 0 atom stereocenters. The summed E-state index contributed by atoms with van der Waals surface area (Å²) < 4.78 is 21.9. The summed E-state index contributed by atoms with van der Waals surface area (Å²) in [6.07, 6.45) is 10.6. The molecule has 0 fully saturated rings. The zero-order valence-electron chi connectivity index (χ0n) is 46.5. The highest BCUT2D eigenvalue weighted by molar-refractivity contribution is 5.95. The van der Waals surface area contributed by atoms with Gasteiger partial charge in [-0.05, 0) is 157 Å². The molecule has 2 aliphatic heterocycles. The van der Waals surface area contributed by atoms with Crippen molar-refractivity contribution in [2.75, 3.05) is 20.0 Å². The summed E-state index contributed by atoms with van der Waals surface area (Å²) in [4.78, 5) is 60.3. The Balaban J connectivity index is 0.000000114. The van der Waals surface area contributed by atoms with Crippen LogP contribution in [0.3, 0.4) is 0 Å². The molecule has 15 rings (SSSR count). The van der Waals surface area contributed by atoms with Crippen molar-refractivity contribution in [3.8, 4) is 67.5 Å². The van der Waals surface area contributed by atoms with Crippen LogP contribution in [0.5, 0.6) is 23.0 Å². The third-order valence-electron chi connectivity index (χ3n) is 15.1. The fraction of sp³-hybridized carbons (Fsp3) is 0.100. The molecule has 8 N–H and O–H groups in total. The van der Waals surface area contributed by atoms with Crippen molar-refractivity contribution in [2.24, 2.45) is 0 Å². The maximum atomic E-state index is 11.0. The average molecular weight is 1160 g/mol. The highest BCUT2D eigenvalue weighted by Gasteiger charge is 2.18. The fourth-order valence-corrected chi connectivity index (χ4v) is 10.9. The summed E-state index contributed by atoms with van der Waals surface area (Å²) in [5.74, 6) is -0.335. The van der Waals surface area contributed by atoms with E-state index in [0.717, 1.165) is 133 Å². The number of hydrogen-bond acceptors (Lipinski definition) is 9.